The zero-order valence-electron chi connectivity index (χ0n) is 24.0. The Labute approximate surface area is 253 Å². The molecule has 0 fully saturated rings. The number of carboxylic acids is 1. The molecule has 0 bridgehead atoms. The smallest absolute Gasteiger partial charge is 0.340 e. The van der Waals surface area contributed by atoms with E-state index in [9.17, 15) is 14.7 Å². The first-order valence-corrected chi connectivity index (χ1v) is 14.0. The van der Waals surface area contributed by atoms with Gasteiger partial charge in [0, 0.05) is 64.2 Å². The third kappa shape index (κ3) is 4.68. The summed E-state index contributed by atoms with van der Waals surface area (Å²) in [5.74, 6) is 0.307. The largest absolute Gasteiger partial charge is 0.489 e. The minimum absolute atomic E-state index is 0.00163. The van der Waals surface area contributed by atoms with E-state index < -0.39 is 17.5 Å². The zero-order chi connectivity index (χ0) is 30.4. The number of rotatable bonds is 7. The van der Waals surface area contributed by atoms with E-state index >= 15 is 0 Å². The van der Waals surface area contributed by atoms with Crippen molar-refractivity contribution in [3.8, 4) is 23.0 Å². The normalized spacial score (nSPS) is 13.7. The van der Waals surface area contributed by atoms with Crippen LogP contribution >= 0.6 is 0 Å². The van der Waals surface area contributed by atoms with E-state index in [4.69, 9.17) is 18.9 Å². The second kappa shape index (κ2) is 10.5. The molecule has 0 radical (unpaired) electrons. The lowest BCUT2D eigenvalue weighted by Crippen LogP contribution is -2.33. The molecule has 0 saturated carbocycles. The number of carboxylic acid groups (broad SMARTS) is 1. The summed E-state index contributed by atoms with van der Waals surface area (Å²) in [6, 6.07) is 23.2. The Morgan fingerprint density at radius 1 is 0.727 bits per heavy atom. The Morgan fingerprint density at radius 2 is 1.23 bits per heavy atom. The van der Waals surface area contributed by atoms with Gasteiger partial charge in [-0.1, -0.05) is 6.07 Å². The van der Waals surface area contributed by atoms with E-state index in [1.54, 1.807) is 18.2 Å². The first-order chi connectivity index (χ1) is 21.3. The SMILES string of the molecule is C[n+]1ccc(COc2ccc3c(c2)Oc2cc(OCc4cc[n+](C)cc4)ccc2C32OC(=O)c3cc(C(=O)O)ccc32)cc1. The van der Waals surface area contributed by atoms with Gasteiger partial charge in [-0.3, -0.25) is 0 Å². The van der Waals surface area contributed by atoms with E-state index in [1.165, 1.54) is 12.1 Å². The maximum atomic E-state index is 13.3. The van der Waals surface area contributed by atoms with Gasteiger partial charge in [0.1, 0.15) is 50.3 Å². The number of ether oxygens (including phenoxy) is 4. The maximum Gasteiger partial charge on any atom is 0.340 e. The molecule has 7 rings (SSSR count). The van der Waals surface area contributed by atoms with Crippen LogP contribution in [0.3, 0.4) is 0 Å². The Hall–Kier alpha value is -5.70. The molecule has 0 saturated heterocycles. The van der Waals surface area contributed by atoms with Crippen molar-refractivity contribution in [3.05, 3.63) is 143 Å². The summed E-state index contributed by atoms with van der Waals surface area (Å²) < 4.78 is 28.8. The number of nitrogens with zero attached hydrogens (tertiary/aromatic N) is 2. The Morgan fingerprint density at radius 3 is 1.73 bits per heavy atom. The summed E-state index contributed by atoms with van der Waals surface area (Å²) in [6.07, 6.45) is 7.81. The van der Waals surface area contributed by atoms with Crippen LogP contribution in [-0.2, 0) is 37.6 Å². The maximum absolute atomic E-state index is 13.3. The molecule has 1 spiro atoms. The molecule has 2 aliphatic heterocycles. The standard InChI is InChI=1S/C35H27N2O7/c1-36-13-9-22(10-14-36)20-41-25-4-7-29-31(18-25)43-32-19-26(42-21-23-11-15-37(2)16-12-23)5-8-30(32)35(29)28-6-3-24(33(38)39)17-27(28)34(40)44-35/h3-19H,20-21H2,1-2H3/q+1/p+1. The number of carbonyl (C=O) groups is 2. The minimum Gasteiger partial charge on any atom is -0.489 e. The molecule has 0 aliphatic carbocycles. The Kier molecular flexibility index (Phi) is 6.50. The van der Waals surface area contributed by atoms with Crippen molar-refractivity contribution in [2.75, 3.05) is 0 Å². The van der Waals surface area contributed by atoms with Crippen LogP contribution in [0, 0.1) is 0 Å². The molecule has 0 unspecified atom stereocenters. The second-order valence-corrected chi connectivity index (χ2v) is 10.9. The monoisotopic (exact) mass is 588 g/mol. The van der Waals surface area contributed by atoms with Gasteiger partial charge in [0.05, 0.1) is 11.1 Å². The van der Waals surface area contributed by atoms with Gasteiger partial charge in [-0.2, -0.15) is 0 Å². The molecular weight excluding hydrogens is 560 g/mol. The quantitative estimate of drug-likeness (QED) is 0.216. The molecule has 2 aromatic heterocycles. The van der Waals surface area contributed by atoms with Crippen molar-refractivity contribution in [2.45, 2.75) is 18.8 Å². The van der Waals surface area contributed by atoms with Crippen molar-refractivity contribution in [1.82, 2.24) is 0 Å². The van der Waals surface area contributed by atoms with E-state index in [1.807, 2.05) is 96.5 Å². The third-order valence-corrected chi connectivity index (χ3v) is 7.90. The van der Waals surface area contributed by atoms with Crippen LogP contribution in [0.15, 0.2) is 104 Å². The fraction of sp³-hybridized carbons (Fsp3) is 0.143. The first kappa shape index (κ1) is 27.2. The number of aromatic nitrogens is 2. The average molecular weight is 589 g/mol. The number of pyridine rings is 2. The summed E-state index contributed by atoms with van der Waals surface area (Å²) in [7, 11) is 3.90. The average Bonchev–Trinajstić information content (AvgIpc) is 3.32. The van der Waals surface area contributed by atoms with Crippen LogP contribution in [0.4, 0.5) is 0 Å². The molecule has 2 aliphatic rings. The number of fused-ring (bicyclic) bond motifs is 6. The summed E-state index contributed by atoms with van der Waals surface area (Å²) in [4.78, 5) is 25.0. The van der Waals surface area contributed by atoms with Gasteiger partial charge in [-0.25, -0.2) is 18.7 Å². The number of aromatic carboxylic acids is 1. The second-order valence-electron chi connectivity index (χ2n) is 10.9. The number of hydrogen-bond acceptors (Lipinski definition) is 6. The Bertz CT molecular complexity index is 1840. The lowest BCUT2D eigenvalue weighted by molar-refractivity contribution is -0.671. The molecule has 218 valence electrons. The van der Waals surface area contributed by atoms with Crippen molar-refractivity contribution in [3.63, 3.8) is 0 Å². The van der Waals surface area contributed by atoms with Crippen LogP contribution in [0.2, 0.25) is 0 Å². The van der Waals surface area contributed by atoms with Crippen LogP contribution in [-0.4, -0.2) is 17.0 Å². The number of esters is 1. The molecule has 5 aromatic rings. The zero-order valence-corrected chi connectivity index (χ0v) is 24.0. The van der Waals surface area contributed by atoms with E-state index in [0.29, 0.717) is 52.9 Å². The molecule has 1 N–H and O–H groups in total. The summed E-state index contributed by atoms with van der Waals surface area (Å²) >= 11 is 0. The summed E-state index contributed by atoms with van der Waals surface area (Å²) in [6.45, 7) is 0.708. The highest BCUT2D eigenvalue weighted by atomic mass is 16.6. The van der Waals surface area contributed by atoms with E-state index in [2.05, 4.69) is 0 Å². The van der Waals surface area contributed by atoms with E-state index in [0.717, 1.165) is 11.1 Å². The van der Waals surface area contributed by atoms with Crippen LogP contribution < -0.4 is 23.3 Å². The van der Waals surface area contributed by atoms with Gasteiger partial charge in [-0.15, -0.1) is 0 Å². The fourth-order valence-electron chi connectivity index (χ4n) is 5.59. The number of carbonyl (C=O) groups excluding carboxylic acids is 1. The number of benzene rings is 3. The highest BCUT2D eigenvalue weighted by Crippen LogP contribution is 2.57. The highest BCUT2D eigenvalue weighted by molar-refractivity contribution is 6.00. The van der Waals surface area contributed by atoms with Gasteiger partial charge in [-0.05, 0) is 36.4 Å². The van der Waals surface area contributed by atoms with Crippen molar-refractivity contribution in [1.29, 1.82) is 0 Å². The third-order valence-electron chi connectivity index (χ3n) is 7.90. The first-order valence-electron chi connectivity index (χ1n) is 14.0. The molecule has 0 atom stereocenters. The molecular formula is C35H28N2O7+2. The molecule has 44 heavy (non-hydrogen) atoms. The van der Waals surface area contributed by atoms with E-state index in [-0.39, 0.29) is 11.1 Å². The highest BCUT2D eigenvalue weighted by Gasteiger charge is 2.53. The molecule has 4 heterocycles. The van der Waals surface area contributed by atoms with Crippen LogP contribution in [0.25, 0.3) is 0 Å². The summed E-state index contributed by atoms with van der Waals surface area (Å²) in [5.41, 5.74) is 2.59. The van der Waals surface area contributed by atoms with Crippen molar-refractivity contribution < 1.29 is 42.8 Å². The van der Waals surface area contributed by atoms with Gasteiger partial charge < -0.3 is 24.1 Å². The van der Waals surface area contributed by atoms with Gasteiger partial charge in [0.25, 0.3) is 0 Å². The lowest BCUT2D eigenvalue weighted by Gasteiger charge is -2.36. The summed E-state index contributed by atoms with van der Waals surface area (Å²) in [5, 5.41) is 9.57. The van der Waals surface area contributed by atoms with Crippen molar-refractivity contribution in [2.24, 2.45) is 14.1 Å². The number of hydrogen-bond donors (Lipinski definition) is 1. The van der Waals surface area contributed by atoms with Crippen LogP contribution in [0.5, 0.6) is 23.0 Å². The Balaban J connectivity index is 1.29. The predicted molar refractivity (Wildman–Crippen MR) is 156 cm³/mol. The molecule has 0 amide bonds. The molecule has 3 aromatic carbocycles. The van der Waals surface area contributed by atoms with Gasteiger partial charge in [0.15, 0.2) is 30.4 Å². The molecule has 9 nitrogen and oxygen atoms in total. The number of aryl methyl sites for hydroxylation is 2. The van der Waals surface area contributed by atoms with Gasteiger partial charge in [0.2, 0.25) is 0 Å². The fourth-order valence-corrected chi connectivity index (χ4v) is 5.59. The van der Waals surface area contributed by atoms with Crippen LogP contribution in [0.1, 0.15) is 48.5 Å². The minimum atomic E-state index is -1.36. The van der Waals surface area contributed by atoms with Gasteiger partial charge >= 0.3 is 11.9 Å². The lowest BCUT2D eigenvalue weighted by atomic mass is 9.77. The predicted octanol–water partition coefficient (Wildman–Crippen LogP) is 4.76. The van der Waals surface area contributed by atoms with Crippen molar-refractivity contribution >= 4 is 11.9 Å². The topological polar surface area (TPSA) is 99.1 Å². The molecule has 9 heteroatoms.